The minimum Gasteiger partial charge on any atom is -0.391 e. The number of aryl methyl sites for hydroxylation is 1. The molecule has 0 spiro atoms. The predicted octanol–water partition coefficient (Wildman–Crippen LogP) is 0.809. The highest BCUT2D eigenvalue weighted by Gasteiger charge is 2.32. The predicted molar refractivity (Wildman–Crippen MR) is 83.4 cm³/mol. The summed E-state index contributed by atoms with van der Waals surface area (Å²) in [5, 5.41) is 17.9. The van der Waals surface area contributed by atoms with Gasteiger partial charge in [-0.25, -0.2) is 0 Å². The topological polar surface area (TPSA) is 82.9 Å². The molecule has 2 aromatic rings. The molecular weight excluding hydrogens is 280 g/mol. The lowest BCUT2D eigenvalue weighted by atomic mass is 10.1. The Morgan fingerprint density at radius 3 is 3.09 bits per heavy atom. The van der Waals surface area contributed by atoms with Crippen molar-refractivity contribution in [3.63, 3.8) is 0 Å². The van der Waals surface area contributed by atoms with Crippen molar-refractivity contribution >= 4 is 0 Å². The maximum absolute atomic E-state index is 11.2. The number of H-pyrrole nitrogens is 1. The van der Waals surface area contributed by atoms with Crippen LogP contribution in [0.2, 0.25) is 0 Å². The van der Waals surface area contributed by atoms with Crippen LogP contribution >= 0.6 is 0 Å². The molecular formula is C16H22N4O2. The van der Waals surface area contributed by atoms with E-state index in [-0.39, 0.29) is 17.7 Å². The van der Waals surface area contributed by atoms with Gasteiger partial charge in [0.2, 0.25) is 5.56 Å². The number of rotatable bonds is 5. The lowest BCUT2D eigenvalue weighted by Gasteiger charge is -2.17. The van der Waals surface area contributed by atoms with Crippen molar-refractivity contribution < 1.29 is 5.11 Å². The number of nitrogens with one attached hydrogen (secondary N) is 2. The van der Waals surface area contributed by atoms with Gasteiger partial charge in [0.1, 0.15) is 0 Å². The molecule has 3 rings (SSSR count). The number of aliphatic hydroxyl groups excluding tert-OH is 1. The van der Waals surface area contributed by atoms with Crippen LogP contribution in [0.5, 0.6) is 0 Å². The first-order chi connectivity index (χ1) is 10.6. The van der Waals surface area contributed by atoms with Gasteiger partial charge in [0.05, 0.1) is 6.10 Å². The molecule has 6 heteroatoms. The molecule has 22 heavy (non-hydrogen) atoms. The molecule has 0 amide bonds. The maximum Gasteiger partial charge on any atom is 0.248 e. The Hall–Kier alpha value is -1.92. The standard InChI is InChI=1S/C16H22N4O2/c1-11-5-16(22)18-9-13(11)8-17-14-6-12(7-15(14)21)10-20-4-2-3-19-20/h2-5,9,12,14-15,17,21H,6-8,10H2,1H3,(H,18,22)/t12?,14-,15-/m1/s1. The summed E-state index contributed by atoms with van der Waals surface area (Å²) in [6, 6.07) is 3.61. The summed E-state index contributed by atoms with van der Waals surface area (Å²) < 4.78 is 1.92. The summed E-state index contributed by atoms with van der Waals surface area (Å²) in [6.45, 7) is 3.43. The molecule has 0 saturated heterocycles. The van der Waals surface area contributed by atoms with Crippen LogP contribution in [0.1, 0.15) is 24.0 Å². The summed E-state index contributed by atoms with van der Waals surface area (Å²) in [7, 11) is 0. The number of nitrogens with zero attached hydrogens (tertiary/aromatic N) is 2. The zero-order valence-corrected chi connectivity index (χ0v) is 12.7. The third-order valence-electron chi connectivity index (χ3n) is 4.43. The Bertz CT molecular complexity index is 665. The highest BCUT2D eigenvalue weighted by atomic mass is 16.3. The number of pyridine rings is 1. The smallest absolute Gasteiger partial charge is 0.248 e. The van der Waals surface area contributed by atoms with Gasteiger partial charge < -0.3 is 15.4 Å². The average molecular weight is 302 g/mol. The molecule has 1 aliphatic rings. The second-order valence-corrected chi connectivity index (χ2v) is 6.13. The van der Waals surface area contributed by atoms with Crippen LogP contribution in [0.4, 0.5) is 0 Å². The number of aromatic amines is 1. The van der Waals surface area contributed by atoms with Gasteiger partial charge in [-0.2, -0.15) is 5.10 Å². The third kappa shape index (κ3) is 3.45. The average Bonchev–Trinajstić information content (AvgIpc) is 3.08. The molecule has 1 saturated carbocycles. The van der Waals surface area contributed by atoms with Gasteiger partial charge >= 0.3 is 0 Å². The second kappa shape index (κ2) is 6.46. The van der Waals surface area contributed by atoms with Gasteiger partial charge in [-0.15, -0.1) is 0 Å². The summed E-state index contributed by atoms with van der Waals surface area (Å²) >= 11 is 0. The number of hydrogen-bond donors (Lipinski definition) is 3. The van der Waals surface area contributed by atoms with E-state index in [0.717, 1.165) is 30.5 Å². The van der Waals surface area contributed by atoms with Crippen LogP contribution in [0.25, 0.3) is 0 Å². The van der Waals surface area contributed by atoms with E-state index >= 15 is 0 Å². The van der Waals surface area contributed by atoms with E-state index in [4.69, 9.17) is 0 Å². The molecule has 0 aliphatic heterocycles. The van der Waals surface area contributed by atoms with E-state index in [1.54, 1.807) is 18.5 Å². The molecule has 3 N–H and O–H groups in total. The SMILES string of the molecule is Cc1cc(=O)[nH]cc1CN[C@@H]1CC(Cn2cccn2)C[C@H]1O. The maximum atomic E-state index is 11.2. The monoisotopic (exact) mass is 302 g/mol. The Kier molecular flexibility index (Phi) is 4.40. The van der Waals surface area contributed by atoms with Crippen LogP contribution in [-0.4, -0.2) is 32.0 Å². The van der Waals surface area contributed by atoms with Crippen molar-refractivity contribution in [3.05, 3.63) is 52.2 Å². The summed E-state index contributed by atoms with van der Waals surface area (Å²) in [5.74, 6) is 0.434. The zero-order valence-electron chi connectivity index (χ0n) is 12.7. The van der Waals surface area contributed by atoms with E-state index < -0.39 is 0 Å². The van der Waals surface area contributed by atoms with Crippen molar-refractivity contribution in [2.75, 3.05) is 0 Å². The first kappa shape index (κ1) is 15.0. The molecule has 1 unspecified atom stereocenters. The molecule has 3 atom stereocenters. The molecule has 6 nitrogen and oxygen atoms in total. The van der Waals surface area contributed by atoms with Gasteiger partial charge in [-0.1, -0.05) is 0 Å². The Morgan fingerprint density at radius 2 is 2.36 bits per heavy atom. The van der Waals surface area contributed by atoms with Gasteiger partial charge in [0, 0.05) is 43.8 Å². The molecule has 118 valence electrons. The van der Waals surface area contributed by atoms with Crippen LogP contribution < -0.4 is 10.9 Å². The molecule has 0 bridgehead atoms. The number of aliphatic hydroxyl groups is 1. The number of aromatic nitrogens is 3. The molecule has 1 fully saturated rings. The normalized spacial score (nSPS) is 24.7. The quantitative estimate of drug-likeness (QED) is 0.763. The molecule has 1 aliphatic carbocycles. The molecule has 2 aromatic heterocycles. The van der Waals surface area contributed by atoms with Crippen LogP contribution in [0, 0.1) is 12.8 Å². The van der Waals surface area contributed by atoms with Gasteiger partial charge in [-0.05, 0) is 42.9 Å². The minimum atomic E-state index is -0.330. The van der Waals surface area contributed by atoms with Gasteiger partial charge in [0.15, 0.2) is 0 Å². The summed E-state index contributed by atoms with van der Waals surface area (Å²) in [6.07, 6.45) is 6.87. The highest BCUT2D eigenvalue weighted by Crippen LogP contribution is 2.27. The molecule has 2 heterocycles. The Labute approximate surface area is 129 Å². The highest BCUT2D eigenvalue weighted by molar-refractivity contribution is 5.21. The van der Waals surface area contributed by atoms with E-state index in [2.05, 4.69) is 15.4 Å². The van der Waals surface area contributed by atoms with Crippen LogP contribution in [0.15, 0.2) is 35.5 Å². The van der Waals surface area contributed by atoms with Crippen LogP contribution in [0.3, 0.4) is 0 Å². The molecule has 0 aromatic carbocycles. The van der Waals surface area contributed by atoms with Crippen molar-refractivity contribution in [1.29, 1.82) is 0 Å². The Balaban J connectivity index is 1.55. The third-order valence-corrected chi connectivity index (χ3v) is 4.43. The van der Waals surface area contributed by atoms with Gasteiger partial charge in [0.25, 0.3) is 0 Å². The van der Waals surface area contributed by atoms with Crippen molar-refractivity contribution in [2.24, 2.45) is 5.92 Å². The van der Waals surface area contributed by atoms with Crippen molar-refractivity contribution in [1.82, 2.24) is 20.1 Å². The van der Waals surface area contributed by atoms with Crippen molar-refractivity contribution in [3.8, 4) is 0 Å². The molecule has 0 radical (unpaired) electrons. The minimum absolute atomic E-state index is 0.0820. The van der Waals surface area contributed by atoms with E-state index in [9.17, 15) is 9.90 Å². The van der Waals surface area contributed by atoms with Gasteiger partial charge in [-0.3, -0.25) is 9.48 Å². The van der Waals surface area contributed by atoms with Crippen molar-refractivity contribution in [2.45, 2.75) is 45.0 Å². The fourth-order valence-electron chi connectivity index (χ4n) is 3.19. The van der Waals surface area contributed by atoms with Crippen LogP contribution in [-0.2, 0) is 13.1 Å². The lowest BCUT2D eigenvalue weighted by Crippen LogP contribution is -2.35. The van der Waals surface area contributed by atoms with E-state index in [1.165, 1.54) is 0 Å². The summed E-state index contributed by atoms with van der Waals surface area (Å²) in [5.41, 5.74) is 1.94. The second-order valence-electron chi connectivity index (χ2n) is 6.13. The van der Waals surface area contributed by atoms with E-state index in [1.807, 2.05) is 23.9 Å². The van der Waals surface area contributed by atoms with E-state index in [0.29, 0.717) is 12.5 Å². The Morgan fingerprint density at radius 1 is 1.50 bits per heavy atom. The number of hydrogen-bond acceptors (Lipinski definition) is 4. The summed E-state index contributed by atoms with van der Waals surface area (Å²) in [4.78, 5) is 13.9. The zero-order chi connectivity index (χ0) is 15.5. The fraction of sp³-hybridized carbons (Fsp3) is 0.500. The fourth-order valence-corrected chi connectivity index (χ4v) is 3.19. The first-order valence-corrected chi connectivity index (χ1v) is 7.69. The lowest BCUT2D eigenvalue weighted by molar-refractivity contribution is 0.145. The first-order valence-electron chi connectivity index (χ1n) is 7.69. The largest absolute Gasteiger partial charge is 0.391 e.